The molecule has 0 unspecified atom stereocenters. The van der Waals surface area contributed by atoms with Gasteiger partial charge in [-0.3, -0.25) is 14.5 Å². The number of thioether (sulfide) groups is 2. The fraction of sp³-hybridized carbons (Fsp3) is 0.312. The van der Waals surface area contributed by atoms with Gasteiger partial charge in [0.15, 0.2) is 0 Å². The summed E-state index contributed by atoms with van der Waals surface area (Å²) in [6.07, 6.45) is 1.16. The Morgan fingerprint density at radius 1 is 1.48 bits per heavy atom. The van der Waals surface area contributed by atoms with Gasteiger partial charge in [-0.1, -0.05) is 47.7 Å². The fourth-order valence-electron chi connectivity index (χ4n) is 2.46. The van der Waals surface area contributed by atoms with E-state index in [-0.39, 0.29) is 24.4 Å². The molecular formula is C16H15ClN2O3S3. The van der Waals surface area contributed by atoms with Crippen LogP contribution in [0.2, 0.25) is 5.02 Å². The number of hydrogen-bond acceptors (Lipinski definition) is 6. The van der Waals surface area contributed by atoms with Crippen LogP contribution in [0, 0.1) is 0 Å². The summed E-state index contributed by atoms with van der Waals surface area (Å²) >= 11 is 13.9. The van der Waals surface area contributed by atoms with Crippen LogP contribution in [0.3, 0.4) is 0 Å². The third kappa shape index (κ3) is 4.57. The van der Waals surface area contributed by atoms with Crippen molar-refractivity contribution in [2.75, 3.05) is 18.1 Å². The van der Waals surface area contributed by atoms with Gasteiger partial charge in [-0.05, 0) is 23.8 Å². The summed E-state index contributed by atoms with van der Waals surface area (Å²) in [7, 11) is 0. The summed E-state index contributed by atoms with van der Waals surface area (Å²) < 4.78 is 0.342. The van der Waals surface area contributed by atoms with Crippen molar-refractivity contribution in [3.05, 3.63) is 39.8 Å². The van der Waals surface area contributed by atoms with E-state index in [0.717, 1.165) is 17.3 Å². The maximum absolute atomic E-state index is 12.5. The molecule has 2 aliphatic rings. The van der Waals surface area contributed by atoms with Crippen LogP contribution in [0.1, 0.15) is 5.56 Å². The molecule has 2 amide bonds. The van der Waals surface area contributed by atoms with E-state index >= 15 is 0 Å². The molecule has 2 atom stereocenters. The zero-order valence-corrected chi connectivity index (χ0v) is 16.2. The molecule has 2 saturated heterocycles. The van der Waals surface area contributed by atoms with E-state index in [9.17, 15) is 14.7 Å². The number of benzene rings is 1. The normalized spacial score (nSPS) is 25.0. The molecule has 2 aliphatic heterocycles. The predicted octanol–water partition coefficient (Wildman–Crippen LogP) is 2.13. The Kier molecular flexibility index (Phi) is 6.06. The molecule has 5 nitrogen and oxygen atoms in total. The van der Waals surface area contributed by atoms with E-state index in [1.54, 1.807) is 36.0 Å². The molecule has 0 spiro atoms. The Bertz CT molecular complexity index is 756. The van der Waals surface area contributed by atoms with Gasteiger partial charge in [0.05, 0.1) is 17.1 Å². The van der Waals surface area contributed by atoms with Crippen molar-refractivity contribution in [1.82, 2.24) is 10.2 Å². The maximum atomic E-state index is 12.5. The van der Waals surface area contributed by atoms with Gasteiger partial charge in [-0.15, -0.1) is 0 Å². The van der Waals surface area contributed by atoms with Crippen LogP contribution >= 0.6 is 47.3 Å². The molecule has 3 rings (SSSR count). The second kappa shape index (κ2) is 8.09. The van der Waals surface area contributed by atoms with E-state index in [1.807, 2.05) is 6.07 Å². The Labute approximate surface area is 164 Å². The minimum absolute atomic E-state index is 0.147. The minimum Gasteiger partial charge on any atom is -0.390 e. The number of hydrogen-bond donors (Lipinski definition) is 2. The molecule has 25 heavy (non-hydrogen) atoms. The SMILES string of the molecule is O=C(CN1C(=O)/C(=C/c2cccc(Cl)c2)SC1=S)N[C@@H]1CSC[C@H]1O. The highest BCUT2D eigenvalue weighted by Crippen LogP contribution is 2.32. The van der Waals surface area contributed by atoms with E-state index in [2.05, 4.69) is 5.32 Å². The average Bonchev–Trinajstić information content (AvgIpc) is 3.06. The van der Waals surface area contributed by atoms with E-state index < -0.39 is 6.10 Å². The van der Waals surface area contributed by atoms with Crippen molar-refractivity contribution in [2.45, 2.75) is 12.1 Å². The highest BCUT2D eigenvalue weighted by Gasteiger charge is 2.34. The van der Waals surface area contributed by atoms with Crippen molar-refractivity contribution in [1.29, 1.82) is 0 Å². The third-order valence-corrected chi connectivity index (χ3v) is 6.50. The predicted molar refractivity (Wildman–Crippen MR) is 107 cm³/mol. The molecule has 2 N–H and O–H groups in total. The number of amides is 2. The molecule has 132 valence electrons. The van der Waals surface area contributed by atoms with Crippen molar-refractivity contribution in [2.24, 2.45) is 0 Å². The third-order valence-electron chi connectivity index (χ3n) is 3.72. The molecule has 9 heteroatoms. The van der Waals surface area contributed by atoms with E-state index in [4.69, 9.17) is 23.8 Å². The molecule has 2 fully saturated rings. The number of carbonyl (C=O) groups excluding carboxylic acids is 2. The zero-order valence-electron chi connectivity index (χ0n) is 13.0. The first-order chi connectivity index (χ1) is 11.9. The largest absolute Gasteiger partial charge is 0.390 e. The monoisotopic (exact) mass is 414 g/mol. The van der Waals surface area contributed by atoms with Crippen molar-refractivity contribution in [3.63, 3.8) is 0 Å². The molecule has 2 heterocycles. The Morgan fingerprint density at radius 2 is 2.28 bits per heavy atom. The molecule has 0 aliphatic carbocycles. The average molecular weight is 415 g/mol. The molecule has 1 aromatic rings. The van der Waals surface area contributed by atoms with Gasteiger partial charge >= 0.3 is 0 Å². The van der Waals surface area contributed by atoms with Gasteiger partial charge < -0.3 is 10.4 Å². The fourth-order valence-corrected chi connectivity index (χ4v) is 5.08. The molecule has 1 aromatic carbocycles. The molecule has 0 bridgehead atoms. The minimum atomic E-state index is -0.553. The lowest BCUT2D eigenvalue weighted by Crippen LogP contribution is -2.47. The Morgan fingerprint density at radius 3 is 2.96 bits per heavy atom. The second-order valence-corrected chi connectivity index (χ2v) is 8.79. The van der Waals surface area contributed by atoms with Crippen LogP contribution in [0.15, 0.2) is 29.2 Å². The first kappa shape index (κ1) is 18.7. The van der Waals surface area contributed by atoms with Crippen LogP contribution in [0.5, 0.6) is 0 Å². The van der Waals surface area contributed by atoms with Crippen molar-refractivity contribution >= 4 is 69.6 Å². The van der Waals surface area contributed by atoms with Gasteiger partial charge in [0, 0.05) is 16.5 Å². The number of nitrogens with zero attached hydrogens (tertiary/aromatic N) is 1. The highest BCUT2D eigenvalue weighted by molar-refractivity contribution is 8.26. The highest BCUT2D eigenvalue weighted by atomic mass is 35.5. The number of carbonyl (C=O) groups is 2. The maximum Gasteiger partial charge on any atom is 0.266 e. The summed E-state index contributed by atoms with van der Waals surface area (Å²) in [5, 5.41) is 13.1. The number of thiocarbonyl (C=S) groups is 1. The van der Waals surface area contributed by atoms with E-state index in [1.165, 1.54) is 4.90 Å². The molecular weight excluding hydrogens is 400 g/mol. The van der Waals surface area contributed by atoms with Crippen LogP contribution in [0.4, 0.5) is 0 Å². The van der Waals surface area contributed by atoms with Crippen LogP contribution in [-0.2, 0) is 9.59 Å². The first-order valence-electron chi connectivity index (χ1n) is 7.50. The van der Waals surface area contributed by atoms with Crippen LogP contribution in [-0.4, -0.2) is 56.3 Å². The summed E-state index contributed by atoms with van der Waals surface area (Å²) in [5.74, 6) is 0.646. The van der Waals surface area contributed by atoms with Gasteiger partial charge in [0.2, 0.25) is 5.91 Å². The van der Waals surface area contributed by atoms with E-state index in [0.29, 0.717) is 25.8 Å². The standard InChI is InChI=1S/C16H15ClN2O3S3/c17-10-3-1-2-9(4-10)5-13-15(22)19(16(23)25-13)6-14(21)18-11-7-24-8-12(11)20/h1-5,11-12,20H,6-8H2,(H,18,21)/b13-5-/t11-,12-/m1/s1. The Balaban J connectivity index is 1.66. The lowest BCUT2D eigenvalue weighted by atomic mass is 10.2. The Hall–Kier alpha value is -1.06. The van der Waals surface area contributed by atoms with Crippen molar-refractivity contribution < 1.29 is 14.7 Å². The lowest BCUT2D eigenvalue weighted by molar-refractivity contribution is -0.129. The molecule has 0 saturated carbocycles. The van der Waals surface area contributed by atoms with Crippen LogP contribution in [0.25, 0.3) is 6.08 Å². The lowest BCUT2D eigenvalue weighted by Gasteiger charge is -2.18. The zero-order chi connectivity index (χ0) is 18.0. The number of aliphatic hydroxyl groups is 1. The second-order valence-electron chi connectivity index (χ2n) is 5.60. The number of aliphatic hydroxyl groups excluding tert-OH is 1. The summed E-state index contributed by atoms with van der Waals surface area (Å²) in [6, 6.07) is 6.86. The first-order valence-corrected chi connectivity index (χ1v) is 10.3. The summed E-state index contributed by atoms with van der Waals surface area (Å²) in [5.41, 5.74) is 0.795. The van der Waals surface area contributed by atoms with Gasteiger partial charge in [0.25, 0.3) is 5.91 Å². The topological polar surface area (TPSA) is 69.6 Å². The number of halogens is 1. The number of rotatable bonds is 4. The molecule has 0 aromatic heterocycles. The smallest absolute Gasteiger partial charge is 0.266 e. The van der Waals surface area contributed by atoms with Crippen LogP contribution < -0.4 is 5.32 Å². The van der Waals surface area contributed by atoms with Gasteiger partial charge in [-0.25, -0.2) is 0 Å². The quantitative estimate of drug-likeness (QED) is 0.581. The summed E-state index contributed by atoms with van der Waals surface area (Å²) in [6.45, 7) is -0.147. The molecule has 0 radical (unpaired) electrons. The van der Waals surface area contributed by atoms with Gasteiger partial charge in [-0.2, -0.15) is 11.8 Å². The number of nitrogens with one attached hydrogen (secondary N) is 1. The van der Waals surface area contributed by atoms with Crippen molar-refractivity contribution in [3.8, 4) is 0 Å². The summed E-state index contributed by atoms with van der Waals surface area (Å²) in [4.78, 5) is 26.4. The van der Waals surface area contributed by atoms with Gasteiger partial charge in [0.1, 0.15) is 10.9 Å².